The van der Waals surface area contributed by atoms with Crippen LogP contribution in [0.5, 0.6) is 0 Å². The Bertz CT molecular complexity index is 549. The Morgan fingerprint density at radius 2 is 2.06 bits per heavy atom. The van der Waals surface area contributed by atoms with Gasteiger partial charge in [-0.05, 0) is 29.7 Å². The first-order chi connectivity index (χ1) is 8.09. The summed E-state index contributed by atoms with van der Waals surface area (Å²) in [5, 5.41) is 10.2. The fraction of sp³-hybridized carbons (Fsp3) is 0.286. The summed E-state index contributed by atoms with van der Waals surface area (Å²) in [5.41, 5.74) is 1.73. The second-order valence-corrected chi connectivity index (χ2v) is 4.52. The zero-order valence-electron chi connectivity index (χ0n) is 9.92. The van der Waals surface area contributed by atoms with Gasteiger partial charge in [-0.2, -0.15) is 0 Å². The van der Waals surface area contributed by atoms with Crippen molar-refractivity contribution in [1.82, 2.24) is 4.98 Å². The lowest BCUT2D eigenvalue weighted by molar-refractivity contribution is -0.139. The molecule has 0 fully saturated rings. The maximum atomic E-state index is 11.3. The van der Waals surface area contributed by atoms with Gasteiger partial charge < -0.3 is 5.11 Å². The molecule has 1 aromatic carbocycles. The van der Waals surface area contributed by atoms with Crippen LogP contribution in [0.4, 0.5) is 0 Å². The van der Waals surface area contributed by atoms with Crippen molar-refractivity contribution >= 4 is 16.9 Å². The third-order valence-corrected chi connectivity index (χ3v) is 2.92. The van der Waals surface area contributed by atoms with Crippen LogP contribution < -0.4 is 0 Å². The van der Waals surface area contributed by atoms with Crippen LogP contribution in [0.25, 0.3) is 10.9 Å². The predicted molar refractivity (Wildman–Crippen MR) is 67.0 cm³/mol. The first kappa shape index (κ1) is 11.6. The van der Waals surface area contributed by atoms with Gasteiger partial charge in [0.25, 0.3) is 0 Å². The van der Waals surface area contributed by atoms with Crippen LogP contribution in [0.15, 0.2) is 36.5 Å². The van der Waals surface area contributed by atoms with E-state index in [1.807, 2.05) is 44.2 Å². The van der Waals surface area contributed by atoms with Gasteiger partial charge in [0.15, 0.2) is 0 Å². The van der Waals surface area contributed by atoms with Gasteiger partial charge in [0, 0.05) is 11.6 Å². The average Bonchev–Trinajstić information content (AvgIpc) is 2.28. The quantitative estimate of drug-likeness (QED) is 0.880. The topological polar surface area (TPSA) is 50.2 Å². The Balaban J connectivity index is 2.51. The second-order valence-electron chi connectivity index (χ2n) is 4.52. The molecular weight excluding hydrogens is 214 g/mol. The van der Waals surface area contributed by atoms with Gasteiger partial charge in [0.1, 0.15) is 0 Å². The lowest BCUT2D eigenvalue weighted by Gasteiger charge is -2.16. The SMILES string of the molecule is CC(C)C(C(=O)O)c1ccc2ncccc2c1. The Kier molecular flexibility index (Phi) is 3.09. The van der Waals surface area contributed by atoms with Crippen LogP contribution >= 0.6 is 0 Å². The summed E-state index contributed by atoms with van der Waals surface area (Å²) in [6, 6.07) is 9.46. The number of fused-ring (bicyclic) bond motifs is 1. The van der Waals surface area contributed by atoms with Gasteiger partial charge in [-0.1, -0.05) is 26.0 Å². The first-order valence-electron chi connectivity index (χ1n) is 5.67. The highest BCUT2D eigenvalue weighted by atomic mass is 16.4. The van der Waals surface area contributed by atoms with Gasteiger partial charge in [0.05, 0.1) is 11.4 Å². The molecule has 3 heteroatoms. The van der Waals surface area contributed by atoms with Crippen molar-refractivity contribution in [3.63, 3.8) is 0 Å². The molecule has 0 spiro atoms. The number of hydrogen-bond acceptors (Lipinski definition) is 2. The molecule has 0 bridgehead atoms. The van der Waals surface area contributed by atoms with Crippen LogP contribution in [0.2, 0.25) is 0 Å². The number of aliphatic carboxylic acids is 1. The zero-order chi connectivity index (χ0) is 12.4. The van der Waals surface area contributed by atoms with Crippen LogP contribution in [0.1, 0.15) is 25.3 Å². The maximum absolute atomic E-state index is 11.3. The van der Waals surface area contributed by atoms with Crippen LogP contribution in [-0.2, 0) is 4.79 Å². The van der Waals surface area contributed by atoms with Gasteiger partial charge in [-0.25, -0.2) is 0 Å². The van der Waals surface area contributed by atoms with Crippen molar-refractivity contribution in [3.8, 4) is 0 Å². The standard InChI is InChI=1S/C14H15NO2/c1-9(2)13(14(16)17)11-5-6-12-10(8-11)4-3-7-15-12/h3-9,13H,1-2H3,(H,16,17). The van der Waals surface area contributed by atoms with E-state index >= 15 is 0 Å². The number of benzene rings is 1. The maximum Gasteiger partial charge on any atom is 0.311 e. The predicted octanol–water partition coefficient (Wildman–Crippen LogP) is 3.06. The summed E-state index contributed by atoms with van der Waals surface area (Å²) < 4.78 is 0. The number of aromatic nitrogens is 1. The van der Waals surface area contributed by atoms with E-state index in [0.717, 1.165) is 16.5 Å². The van der Waals surface area contributed by atoms with E-state index in [1.165, 1.54) is 0 Å². The van der Waals surface area contributed by atoms with Gasteiger partial charge >= 0.3 is 5.97 Å². The number of pyridine rings is 1. The average molecular weight is 229 g/mol. The van der Waals surface area contributed by atoms with Crippen molar-refractivity contribution in [2.45, 2.75) is 19.8 Å². The molecule has 1 aromatic heterocycles. The number of rotatable bonds is 3. The van der Waals surface area contributed by atoms with Crippen molar-refractivity contribution in [2.24, 2.45) is 5.92 Å². The van der Waals surface area contributed by atoms with E-state index < -0.39 is 11.9 Å². The smallest absolute Gasteiger partial charge is 0.311 e. The van der Waals surface area contributed by atoms with Crippen LogP contribution in [-0.4, -0.2) is 16.1 Å². The highest BCUT2D eigenvalue weighted by Gasteiger charge is 2.23. The number of nitrogens with zero attached hydrogens (tertiary/aromatic N) is 1. The lowest BCUT2D eigenvalue weighted by atomic mass is 9.88. The molecule has 0 aliphatic rings. The minimum Gasteiger partial charge on any atom is -0.481 e. The second kappa shape index (κ2) is 4.53. The van der Waals surface area contributed by atoms with E-state index in [-0.39, 0.29) is 5.92 Å². The van der Waals surface area contributed by atoms with Crippen molar-refractivity contribution < 1.29 is 9.90 Å². The zero-order valence-corrected chi connectivity index (χ0v) is 9.92. The van der Waals surface area contributed by atoms with Crippen LogP contribution in [0.3, 0.4) is 0 Å². The fourth-order valence-electron chi connectivity index (χ4n) is 2.10. The molecule has 3 nitrogen and oxygen atoms in total. The first-order valence-corrected chi connectivity index (χ1v) is 5.67. The van der Waals surface area contributed by atoms with Gasteiger partial charge in [-0.3, -0.25) is 9.78 Å². The van der Waals surface area contributed by atoms with E-state index in [1.54, 1.807) is 6.20 Å². The summed E-state index contributed by atoms with van der Waals surface area (Å²) in [5.74, 6) is -1.16. The molecule has 1 unspecified atom stereocenters. The normalized spacial score (nSPS) is 12.9. The molecule has 0 amide bonds. The Hall–Kier alpha value is -1.90. The summed E-state index contributed by atoms with van der Waals surface area (Å²) in [6.07, 6.45) is 1.74. The highest BCUT2D eigenvalue weighted by molar-refractivity contribution is 5.82. The van der Waals surface area contributed by atoms with E-state index in [0.29, 0.717) is 0 Å². The third-order valence-electron chi connectivity index (χ3n) is 2.92. The Labute approximate surface area is 100 Å². The number of carboxylic acids is 1. The van der Waals surface area contributed by atoms with E-state index in [9.17, 15) is 9.90 Å². The molecule has 1 N–H and O–H groups in total. The molecule has 1 atom stereocenters. The Morgan fingerprint density at radius 3 is 2.71 bits per heavy atom. The van der Waals surface area contributed by atoms with Crippen molar-refractivity contribution in [2.75, 3.05) is 0 Å². The summed E-state index contributed by atoms with van der Waals surface area (Å²) in [6.45, 7) is 3.85. The molecule has 0 saturated heterocycles. The molecule has 0 radical (unpaired) electrons. The van der Waals surface area contributed by atoms with Crippen molar-refractivity contribution in [3.05, 3.63) is 42.1 Å². The lowest BCUT2D eigenvalue weighted by Crippen LogP contribution is -2.17. The van der Waals surface area contributed by atoms with E-state index in [4.69, 9.17) is 0 Å². The number of carbonyl (C=O) groups is 1. The molecular formula is C14H15NO2. The third kappa shape index (κ3) is 2.28. The van der Waals surface area contributed by atoms with Gasteiger partial charge in [0.2, 0.25) is 0 Å². The number of carboxylic acid groups (broad SMARTS) is 1. The van der Waals surface area contributed by atoms with Crippen molar-refractivity contribution in [1.29, 1.82) is 0 Å². The van der Waals surface area contributed by atoms with E-state index in [2.05, 4.69) is 4.98 Å². The monoisotopic (exact) mass is 229 g/mol. The summed E-state index contributed by atoms with van der Waals surface area (Å²) in [7, 11) is 0. The molecule has 1 heterocycles. The molecule has 2 aromatic rings. The molecule has 0 aliphatic carbocycles. The largest absolute Gasteiger partial charge is 0.481 e. The Morgan fingerprint density at radius 1 is 1.29 bits per heavy atom. The van der Waals surface area contributed by atoms with Crippen LogP contribution in [0, 0.1) is 5.92 Å². The summed E-state index contributed by atoms with van der Waals surface area (Å²) >= 11 is 0. The number of hydrogen-bond donors (Lipinski definition) is 1. The minimum absolute atomic E-state index is 0.0709. The fourth-order valence-corrected chi connectivity index (χ4v) is 2.10. The minimum atomic E-state index is -0.775. The molecule has 17 heavy (non-hydrogen) atoms. The summed E-state index contributed by atoms with van der Waals surface area (Å²) in [4.78, 5) is 15.5. The molecule has 2 rings (SSSR count). The molecule has 0 saturated carbocycles. The molecule has 88 valence electrons. The highest BCUT2D eigenvalue weighted by Crippen LogP contribution is 2.27. The van der Waals surface area contributed by atoms with Gasteiger partial charge in [-0.15, -0.1) is 0 Å². The molecule has 0 aliphatic heterocycles.